The minimum atomic E-state index is -0.794. The average Bonchev–Trinajstić information content (AvgIpc) is 3.49. The zero-order chi connectivity index (χ0) is 35.3. The van der Waals surface area contributed by atoms with Crippen LogP contribution in [0.1, 0.15) is 78.2 Å². The van der Waals surface area contributed by atoms with Crippen LogP contribution in [0.25, 0.3) is 0 Å². The summed E-state index contributed by atoms with van der Waals surface area (Å²) in [4.78, 5) is 43.8. The van der Waals surface area contributed by atoms with Crippen molar-refractivity contribution in [2.24, 2.45) is 0 Å². The number of carbonyl (C=O) groups is 2. The summed E-state index contributed by atoms with van der Waals surface area (Å²) in [5.74, 6) is -0.495. The van der Waals surface area contributed by atoms with Gasteiger partial charge in [0.2, 0.25) is 5.91 Å². The number of aromatic nitrogens is 3. The molecule has 2 fully saturated rings. The molecule has 3 heterocycles. The number of amides is 2. The third-order valence-electron chi connectivity index (χ3n) is 10.5. The summed E-state index contributed by atoms with van der Waals surface area (Å²) in [6, 6.07) is 16.3. The predicted molar refractivity (Wildman–Crippen MR) is 194 cm³/mol. The van der Waals surface area contributed by atoms with E-state index in [9.17, 15) is 14.0 Å². The van der Waals surface area contributed by atoms with E-state index in [4.69, 9.17) is 16.3 Å². The molecule has 2 aromatic carbocycles. The van der Waals surface area contributed by atoms with Gasteiger partial charge < -0.3 is 14.2 Å². The number of hydrogen-bond donors (Lipinski definition) is 0. The fourth-order valence-electron chi connectivity index (χ4n) is 7.96. The maximum atomic E-state index is 15.0. The predicted octanol–water partition coefficient (Wildman–Crippen LogP) is 7.14. The molecule has 11 heteroatoms. The third kappa shape index (κ3) is 8.28. The van der Waals surface area contributed by atoms with Gasteiger partial charge in [-0.2, -0.15) is 0 Å². The van der Waals surface area contributed by atoms with Crippen molar-refractivity contribution in [2.45, 2.75) is 89.6 Å². The number of halogens is 2. The summed E-state index contributed by atoms with van der Waals surface area (Å²) in [6.45, 7) is 4.67. The van der Waals surface area contributed by atoms with Gasteiger partial charge in [-0.3, -0.25) is 19.6 Å². The maximum Gasteiger partial charge on any atom is 0.410 e. The lowest BCUT2D eigenvalue weighted by atomic mass is 9.95. The van der Waals surface area contributed by atoms with E-state index in [1.807, 2.05) is 77.4 Å². The van der Waals surface area contributed by atoms with E-state index in [0.717, 1.165) is 72.2 Å². The summed E-state index contributed by atoms with van der Waals surface area (Å²) in [7, 11) is 0. The van der Waals surface area contributed by atoms with Gasteiger partial charge in [-0.05, 0) is 92.3 Å². The zero-order valence-corrected chi connectivity index (χ0v) is 30.0. The number of carbonyl (C=O) groups excluding carboxylic acids is 2. The molecular formula is C40H46ClFN6O3. The molecule has 1 aliphatic heterocycles. The quantitative estimate of drug-likeness (QED) is 0.184. The molecule has 0 bridgehead atoms. The number of imidazole rings is 1. The van der Waals surface area contributed by atoms with Gasteiger partial charge in [0.25, 0.3) is 0 Å². The Morgan fingerprint density at radius 2 is 1.80 bits per heavy atom. The number of piperazine rings is 1. The van der Waals surface area contributed by atoms with Gasteiger partial charge in [0.05, 0.1) is 30.0 Å². The fraction of sp³-hybridized carbons (Fsp3) is 0.450. The lowest BCUT2D eigenvalue weighted by Gasteiger charge is -2.45. The number of fused-ring (bicyclic) bond motifs is 2. The average molecular weight is 713 g/mol. The summed E-state index contributed by atoms with van der Waals surface area (Å²) < 4.78 is 22.7. The van der Waals surface area contributed by atoms with Crippen molar-refractivity contribution in [3.8, 4) is 0 Å². The van der Waals surface area contributed by atoms with Crippen molar-refractivity contribution in [3.05, 3.63) is 118 Å². The largest absolute Gasteiger partial charge is 0.446 e. The molecule has 2 amide bonds. The molecule has 0 radical (unpaired) electrons. The zero-order valence-electron chi connectivity index (χ0n) is 29.2. The van der Waals surface area contributed by atoms with Gasteiger partial charge in [-0.15, -0.1) is 0 Å². The third-order valence-corrected chi connectivity index (χ3v) is 10.8. The van der Waals surface area contributed by atoms with Gasteiger partial charge in [0, 0.05) is 50.5 Å². The Morgan fingerprint density at radius 3 is 2.59 bits per heavy atom. The Hall–Kier alpha value is -4.28. The molecule has 3 aliphatic rings. The summed E-state index contributed by atoms with van der Waals surface area (Å²) in [6.07, 6.45) is 11.5. The van der Waals surface area contributed by atoms with Crippen LogP contribution in [0.4, 0.5) is 9.18 Å². The summed E-state index contributed by atoms with van der Waals surface area (Å²) >= 11 is 6.48. The maximum absolute atomic E-state index is 15.0. The van der Waals surface area contributed by atoms with Crippen molar-refractivity contribution in [1.29, 1.82) is 0 Å². The molecule has 1 saturated carbocycles. The normalized spacial score (nSPS) is 19.5. The van der Waals surface area contributed by atoms with E-state index < -0.39 is 12.1 Å². The lowest BCUT2D eigenvalue weighted by molar-refractivity contribution is -0.140. The van der Waals surface area contributed by atoms with Crippen LogP contribution in [0.15, 0.2) is 73.3 Å². The van der Waals surface area contributed by atoms with Crippen molar-refractivity contribution in [1.82, 2.24) is 29.2 Å². The minimum absolute atomic E-state index is 0.122. The van der Waals surface area contributed by atoms with Gasteiger partial charge in [0.1, 0.15) is 18.0 Å². The van der Waals surface area contributed by atoms with Crippen LogP contribution in [0.5, 0.6) is 0 Å². The van der Waals surface area contributed by atoms with E-state index in [1.165, 1.54) is 6.20 Å². The van der Waals surface area contributed by atoms with Crippen LogP contribution in [-0.2, 0) is 35.5 Å². The molecule has 0 N–H and O–H groups in total. The smallest absolute Gasteiger partial charge is 0.410 e. The minimum Gasteiger partial charge on any atom is -0.446 e. The molecule has 9 nitrogen and oxygen atoms in total. The molecule has 0 unspecified atom stereocenters. The number of rotatable bonds is 9. The van der Waals surface area contributed by atoms with Crippen LogP contribution >= 0.6 is 11.6 Å². The van der Waals surface area contributed by atoms with Crippen LogP contribution in [0.2, 0.25) is 5.02 Å². The van der Waals surface area contributed by atoms with Gasteiger partial charge in [0.15, 0.2) is 0 Å². The molecular weight excluding hydrogens is 667 g/mol. The number of nitrogens with zero attached hydrogens (tertiary/aromatic N) is 6. The van der Waals surface area contributed by atoms with E-state index in [1.54, 1.807) is 11.0 Å². The first kappa shape index (κ1) is 35.1. The molecule has 7 rings (SSSR count). The van der Waals surface area contributed by atoms with Crippen LogP contribution in [-0.4, -0.2) is 79.6 Å². The van der Waals surface area contributed by atoms with Crippen molar-refractivity contribution in [2.75, 3.05) is 26.2 Å². The van der Waals surface area contributed by atoms with Crippen molar-refractivity contribution < 1.29 is 18.7 Å². The Bertz CT molecular complexity index is 1780. The Kier molecular flexibility index (Phi) is 11.0. The van der Waals surface area contributed by atoms with Gasteiger partial charge in [-0.1, -0.05) is 54.4 Å². The second kappa shape index (κ2) is 15.9. The Labute approximate surface area is 304 Å². The van der Waals surface area contributed by atoms with E-state index in [0.29, 0.717) is 50.6 Å². The molecule has 4 aromatic rings. The SMILES string of the molecule is Cc1cn(CCCN(Cc2ccccc2)C(=O)[C@H]2CN([C@@H]3c4ccc(Cl)cc4CCc4cc(F)cnc43)CCN2C(=O)OC2CCCCC2)cn1. The standard InChI is InChI=1S/C40H46ClFN6O3/c1-28-24-45(27-44-28)17-8-18-47(25-29-9-4-2-5-10-29)39(49)36-26-46(19-20-48(36)40(50)51-34-11-6-3-7-12-34)38-35-16-15-32(41)21-30(35)13-14-31-22-33(42)23-43-37(31)38/h2,4-5,9-10,15-16,21-24,27,34,36,38H,3,6-8,11-14,17-20,25-26H2,1H3/t36-,38-/m1/s1. The molecule has 2 aliphatic carbocycles. The van der Waals surface area contributed by atoms with Crippen molar-refractivity contribution in [3.63, 3.8) is 0 Å². The van der Waals surface area contributed by atoms with Gasteiger partial charge >= 0.3 is 6.09 Å². The monoisotopic (exact) mass is 712 g/mol. The lowest BCUT2D eigenvalue weighted by Crippen LogP contribution is -2.62. The summed E-state index contributed by atoms with van der Waals surface area (Å²) in [5, 5.41) is 0.642. The molecule has 51 heavy (non-hydrogen) atoms. The van der Waals surface area contributed by atoms with E-state index in [2.05, 4.69) is 14.9 Å². The molecule has 268 valence electrons. The topological polar surface area (TPSA) is 83.8 Å². The number of pyridine rings is 1. The first-order valence-electron chi connectivity index (χ1n) is 18.3. The van der Waals surface area contributed by atoms with Crippen molar-refractivity contribution >= 4 is 23.6 Å². The number of ether oxygens (including phenoxy) is 1. The van der Waals surface area contributed by atoms with E-state index >= 15 is 0 Å². The highest BCUT2D eigenvalue weighted by Gasteiger charge is 2.43. The number of benzene rings is 2. The molecule has 0 spiro atoms. The number of hydrogen-bond acceptors (Lipinski definition) is 6. The Balaban J connectivity index is 1.22. The van der Waals surface area contributed by atoms with E-state index in [-0.39, 0.29) is 30.4 Å². The highest BCUT2D eigenvalue weighted by molar-refractivity contribution is 6.30. The second-order valence-corrected chi connectivity index (χ2v) is 14.6. The molecule has 1 saturated heterocycles. The summed E-state index contributed by atoms with van der Waals surface area (Å²) in [5.41, 5.74) is 5.70. The molecule has 2 aromatic heterocycles. The highest BCUT2D eigenvalue weighted by atomic mass is 35.5. The highest BCUT2D eigenvalue weighted by Crippen LogP contribution is 2.38. The van der Waals surface area contributed by atoms with Crippen LogP contribution in [0, 0.1) is 12.7 Å². The fourth-order valence-corrected chi connectivity index (χ4v) is 8.16. The molecule has 2 atom stereocenters. The van der Waals surface area contributed by atoms with Gasteiger partial charge in [-0.25, -0.2) is 14.2 Å². The second-order valence-electron chi connectivity index (χ2n) is 14.1. The van der Waals surface area contributed by atoms with Crippen LogP contribution in [0.3, 0.4) is 0 Å². The first-order chi connectivity index (χ1) is 24.8. The van der Waals surface area contributed by atoms with Crippen LogP contribution < -0.4 is 0 Å². The number of aryl methyl sites for hydroxylation is 4. The Morgan fingerprint density at radius 1 is 1.00 bits per heavy atom. The first-order valence-corrected chi connectivity index (χ1v) is 18.6.